The van der Waals surface area contributed by atoms with Gasteiger partial charge in [-0.1, -0.05) is 49.9 Å². The van der Waals surface area contributed by atoms with E-state index in [4.69, 9.17) is 0 Å². The van der Waals surface area contributed by atoms with Crippen LogP contribution in [0.5, 0.6) is 0 Å². The molecular weight excluding hydrogens is 254 g/mol. The first-order valence-electron chi connectivity index (χ1n) is 8.99. The minimum absolute atomic E-state index is 0.661. The molecule has 1 heteroatoms. The van der Waals surface area contributed by atoms with Gasteiger partial charge in [-0.05, 0) is 68.5 Å². The molecule has 0 heterocycles. The quantitative estimate of drug-likeness (QED) is 0.843. The van der Waals surface area contributed by atoms with E-state index in [1.807, 2.05) is 0 Å². The van der Waals surface area contributed by atoms with Crippen LogP contribution >= 0.6 is 0 Å². The number of rotatable bonds is 4. The predicted molar refractivity (Wildman–Crippen MR) is 90.5 cm³/mol. The molecular formula is C20H31N. The monoisotopic (exact) mass is 285 g/mol. The summed E-state index contributed by atoms with van der Waals surface area (Å²) in [6, 6.07) is 9.56. The molecule has 2 aliphatic rings. The highest BCUT2D eigenvalue weighted by Gasteiger charge is 2.34. The Hall–Kier alpha value is -0.820. The maximum Gasteiger partial charge on any atom is 0.0133 e. The van der Waals surface area contributed by atoms with E-state index in [-0.39, 0.29) is 0 Å². The lowest BCUT2D eigenvalue weighted by molar-refractivity contribution is 0.111. The minimum atomic E-state index is 0.661. The average Bonchev–Trinajstić information content (AvgIpc) is 2.54. The van der Waals surface area contributed by atoms with Gasteiger partial charge in [-0.15, -0.1) is 0 Å². The Morgan fingerprint density at radius 2 is 1.81 bits per heavy atom. The van der Waals surface area contributed by atoms with Crippen molar-refractivity contribution in [3.8, 4) is 0 Å². The maximum absolute atomic E-state index is 3.64. The van der Waals surface area contributed by atoms with Gasteiger partial charge in [0.1, 0.15) is 0 Å². The van der Waals surface area contributed by atoms with Crippen molar-refractivity contribution in [2.24, 2.45) is 17.8 Å². The van der Waals surface area contributed by atoms with E-state index >= 15 is 0 Å². The molecule has 0 radical (unpaired) electrons. The molecule has 3 rings (SSSR count). The number of hydrogen-bond acceptors (Lipinski definition) is 1. The molecule has 2 aliphatic carbocycles. The van der Waals surface area contributed by atoms with Crippen LogP contribution in [0.15, 0.2) is 24.3 Å². The fourth-order valence-corrected chi connectivity index (χ4v) is 4.86. The molecule has 116 valence electrons. The molecule has 1 aromatic rings. The van der Waals surface area contributed by atoms with Crippen molar-refractivity contribution in [3.05, 3.63) is 35.4 Å². The Kier molecular flexibility index (Phi) is 5.00. The highest BCUT2D eigenvalue weighted by molar-refractivity contribution is 5.26. The number of benzene rings is 1. The van der Waals surface area contributed by atoms with Crippen molar-refractivity contribution in [1.82, 2.24) is 5.32 Å². The lowest BCUT2D eigenvalue weighted by Gasteiger charge is -2.42. The SMILES string of the molecule is CNC(Cc1ccccc1C)C1CCC2CCCCC2C1. The van der Waals surface area contributed by atoms with Gasteiger partial charge in [0, 0.05) is 6.04 Å². The first-order valence-corrected chi connectivity index (χ1v) is 8.99. The zero-order chi connectivity index (χ0) is 14.7. The second-order valence-electron chi connectivity index (χ2n) is 7.40. The summed E-state index contributed by atoms with van der Waals surface area (Å²) in [7, 11) is 2.16. The molecule has 4 unspecified atom stereocenters. The lowest BCUT2D eigenvalue weighted by Crippen LogP contribution is -2.40. The van der Waals surface area contributed by atoms with Crippen molar-refractivity contribution < 1.29 is 0 Å². The summed E-state index contributed by atoms with van der Waals surface area (Å²) in [4.78, 5) is 0. The zero-order valence-electron chi connectivity index (χ0n) is 13.8. The normalized spacial score (nSPS) is 30.7. The van der Waals surface area contributed by atoms with E-state index in [0.717, 1.165) is 17.8 Å². The lowest BCUT2D eigenvalue weighted by atomic mass is 9.65. The third-order valence-corrected chi connectivity index (χ3v) is 6.22. The van der Waals surface area contributed by atoms with Crippen LogP contribution in [0.3, 0.4) is 0 Å². The van der Waals surface area contributed by atoms with Crippen LogP contribution in [-0.4, -0.2) is 13.1 Å². The van der Waals surface area contributed by atoms with Crippen molar-refractivity contribution in [3.63, 3.8) is 0 Å². The van der Waals surface area contributed by atoms with Gasteiger partial charge < -0.3 is 5.32 Å². The molecule has 0 aromatic heterocycles. The third-order valence-electron chi connectivity index (χ3n) is 6.22. The Labute approximate surface area is 130 Å². The highest BCUT2D eigenvalue weighted by atomic mass is 14.9. The van der Waals surface area contributed by atoms with Crippen molar-refractivity contribution in [2.75, 3.05) is 7.05 Å². The molecule has 1 N–H and O–H groups in total. The molecule has 4 atom stereocenters. The van der Waals surface area contributed by atoms with Gasteiger partial charge in [-0.25, -0.2) is 0 Å². The van der Waals surface area contributed by atoms with Gasteiger partial charge >= 0.3 is 0 Å². The summed E-state index contributed by atoms with van der Waals surface area (Å²) < 4.78 is 0. The van der Waals surface area contributed by atoms with E-state index in [9.17, 15) is 0 Å². The summed E-state index contributed by atoms with van der Waals surface area (Å²) in [5.41, 5.74) is 2.98. The van der Waals surface area contributed by atoms with Crippen LogP contribution in [0.2, 0.25) is 0 Å². The maximum atomic E-state index is 3.64. The first kappa shape index (κ1) is 15.1. The van der Waals surface area contributed by atoms with Gasteiger partial charge in [-0.3, -0.25) is 0 Å². The van der Waals surface area contributed by atoms with E-state index in [1.54, 1.807) is 0 Å². The molecule has 0 saturated heterocycles. The Morgan fingerprint density at radius 1 is 1.05 bits per heavy atom. The molecule has 0 spiro atoms. The topological polar surface area (TPSA) is 12.0 Å². The van der Waals surface area contributed by atoms with Crippen LogP contribution in [-0.2, 0) is 6.42 Å². The van der Waals surface area contributed by atoms with Crippen molar-refractivity contribution >= 4 is 0 Å². The molecule has 0 bridgehead atoms. The Balaban J connectivity index is 1.65. The molecule has 2 fully saturated rings. The van der Waals surface area contributed by atoms with Crippen molar-refractivity contribution in [2.45, 2.75) is 64.3 Å². The molecule has 0 amide bonds. The smallest absolute Gasteiger partial charge is 0.0133 e. The summed E-state index contributed by atoms with van der Waals surface area (Å²) in [6.07, 6.45) is 11.6. The molecule has 1 nitrogen and oxygen atoms in total. The molecule has 2 saturated carbocycles. The van der Waals surface area contributed by atoms with E-state index in [0.29, 0.717) is 6.04 Å². The summed E-state index contributed by atoms with van der Waals surface area (Å²) in [6.45, 7) is 2.25. The number of nitrogens with one attached hydrogen (secondary N) is 1. The summed E-state index contributed by atoms with van der Waals surface area (Å²) >= 11 is 0. The zero-order valence-corrected chi connectivity index (χ0v) is 13.8. The highest BCUT2D eigenvalue weighted by Crippen LogP contribution is 2.43. The van der Waals surface area contributed by atoms with Gasteiger partial charge in [0.2, 0.25) is 0 Å². The largest absolute Gasteiger partial charge is 0.316 e. The molecule has 21 heavy (non-hydrogen) atoms. The van der Waals surface area contributed by atoms with Crippen LogP contribution < -0.4 is 5.32 Å². The molecule has 0 aliphatic heterocycles. The van der Waals surface area contributed by atoms with Gasteiger partial charge in [0.25, 0.3) is 0 Å². The van der Waals surface area contributed by atoms with Crippen molar-refractivity contribution in [1.29, 1.82) is 0 Å². The van der Waals surface area contributed by atoms with Gasteiger partial charge in [0.05, 0.1) is 0 Å². The fourth-order valence-electron chi connectivity index (χ4n) is 4.86. The number of aryl methyl sites for hydroxylation is 1. The van der Waals surface area contributed by atoms with Crippen LogP contribution in [0.1, 0.15) is 56.1 Å². The Bertz CT molecular complexity index is 453. The standard InChI is InChI=1S/C20H31N/c1-15-7-3-4-9-17(15)14-20(21-2)19-12-11-16-8-5-6-10-18(16)13-19/h3-4,7,9,16,18-21H,5-6,8,10-14H2,1-2H3. The average molecular weight is 285 g/mol. The van der Waals surface area contributed by atoms with Crippen LogP contribution in [0.4, 0.5) is 0 Å². The number of fused-ring (bicyclic) bond motifs is 1. The van der Waals surface area contributed by atoms with Crippen LogP contribution in [0.25, 0.3) is 0 Å². The van der Waals surface area contributed by atoms with Gasteiger partial charge in [0.15, 0.2) is 0 Å². The summed E-state index contributed by atoms with van der Waals surface area (Å²) in [5.74, 6) is 2.98. The second-order valence-corrected chi connectivity index (χ2v) is 7.40. The summed E-state index contributed by atoms with van der Waals surface area (Å²) in [5, 5.41) is 3.64. The minimum Gasteiger partial charge on any atom is -0.316 e. The molecule has 1 aromatic carbocycles. The first-order chi connectivity index (χ1) is 10.3. The Morgan fingerprint density at radius 3 is 2.57 bits per heavy atom. The second kappa shape index (κ2) is 6.96. The fraction of sp³-hybridized carbons (Fsp3) is 0.700. The number of hydrogen-bond donors (Lipinski definition) is 1. The third kappa shape index (κ3) is 3.51. The van der Waals surface area contributed by atoms with E-state index in [1.165, 1.54) is 62.5 Å². The van der Waals surface area contributed by atoms with E-state index in [2.05, 4.69) is 43.6 Å². The predicted octanol–water partition coefficient (Wildman–Crippen LogP) is 4.73. The van der Waals surface area contributed by atoms with Gasteiger partial charge in [-0.2, -0.15) is 0 Å². The van der Waals surface area contributed by atoms with E-state index < -0.39 is 0 Å². The number of likely N-dealkylation sites (N-methyl/N-ethyl adjacent to an activating group) is 1. The van der Waals surface area contributed by atoms with Crippen LogP contribution in [0, 0.1) is 24.7 Å².